The van der Waals surface area contributed by atoms with Crippen LogP contribution in [-0.4, -0.2) is 19.7 Å². The van der Waals surface area contributed by atoms with Gasteiger partial charge in [0.1, 0.15) is 5.60 Å². The van der Waals surface area contributed by atoms with Crippen molar-refractivity contribution >= 4 is 14.1 Å². The van der Waals surface area contributed by atoms with Crippen LogP contribution in [0.15, 0.2) is 0 Å². The van der Waals surface area contributed by atoms with Crippen molar-refractivity contribution < 1.29 is 9.22 Å². The van der Waals surface area contributed by atoms with Gasteiger partial charge in [-0.15, -0.1) is 12.3 Å². The molecule has 0 aromatic heterocycles. The summed E-state index contributed by atoms with van der Waals surface area (Å²) in [7, 11) is -1.73. The summed E-state index contributed by atoms with van der Waals surface area (Å²) in [6.45, 7) is 6.65. The van der Waals surface area contributed by atoms with Gasteiger partial charge in [-0.25, -0.2) is 0 Å². The molecule has 0 aliphatic heterocycles. The highest BCUT2D eigenvalue weighted by Crippen LogP contribution is 2.39. The highest BCUT2D eigenvalue weighted by molar-refractivity contribution is 6.73. The molecular formula is C16H28O2Si. The number of unbranched alkanes of at least 4 members (excludes halogenated alkanes) is 1. The Bertz CT molecular complexity index is 333. The van der Waals surface area contributed by atoms with Crippen LogP contribution in [0.3, 0.4) is 0 Å². The van der Waals surface area contributed by atoms with Crippen molar-refractivity contribution in [3.63, 3.8) is 0 Å². The molecule has 0 amide bonds. The van der Waals surface area contributed by atoms with Crippen molar-refractivity contribution in [2.45, 2.75) is 83.0 Å². The molecule has 0 aromatic rings. The Morgan fingerprint density at radius 3 is 2.37 bits per heavy atom. The van der Waals surface area contributed by atoms with Gasteiger partial charge in [-0.05, 0) is 43.8 Å². The molecule has 0 N–H and O–H groups in total. The lowest BCUT2D eigenvalue weighted by atomic mass is 9.94. The zero-order chi connectivity index (χ0) is 14.4. The molecule has 3 heteroatoms. The SMILES string of the molecule is C#CCCCC1(O[Si](CC)(CC)CC)CCCC1=O. The van der Waals surface area contributed by atoms with E-state index in [1.165, 1.54) is 0 Å². The molecule has 0 aromatic carbocycles. The lowest BCUT2D eigenvalue weighted by Crippen LogP contribution is -2.49. The standard InChI is InChI=1S/C16H28O2Si/c1-5-9-10-13-16(14-11-12-15(16)17)18-19(6-2,7-3)8-4/h1H,6-14H2,2-4H3. The highest BCUT2D eigenvalue weighted by atomic mass is 28.4. The molecule has 0 spiro atoms. The van der Waals surface area contributed by atoms with Crippen molar-refractivity contribution in [2.75, 3.05) is 0 Å². The van der Waals surface area contributed by atoms with Gasteiger partial charge in [0.2, 0.25) is 0 Å². The van der Waals surface area contributed by atoms with E-state index in [2.05, 4.69) is 26.7 Å². The molecule has 1 rings (SSSR count). The molecule has 0 heterocycles. The Labute approximate surface area is 119 Å². The van der Waals surface area contributed by atoms with Gasteiger partial charge < -0.3 is 4.43 Å². The molecule has 1 saturated carbocycles. The molecule has 0 bridgehead atoms. The average Bonchev–Trinajstić information content (AvgIpc) is 2.78. The van der Waals surface area contributed by atoms with Crippen LogP contribution in [0.25, 0.3) is 0 Å². The van der Waals surface area contributed by atoms with Crippen molar-refractivity contribution in [1.82, 2.24) is 0 Å². The summed E-state index contributed by atoms with van der Waals surface area (Å²) in [5, 5.41) is 0. The van der Waals surface area contributed by atoms with Crippen molar-refractivity contribution in [3.8, 4) is 12.3 Å². The Morgan fingerprint density at radius 2 is 1.95 bits per heavy atom. The summed E-state index contributed by atoms with van der Waals surface area (Å²) < 4.78 is 6.61. The van der Waals surface area contributed by atoms with E-state index in [-0.39, 0.29) is 0 Å². The fourth-order valence-corrected chi connectivity index (χ4v) is 6.26. The number of ketones is 1. The lowest BCUT2D eigenvalue weighted by molar-refractivity contribution is -0.132. The third-order valence-corrected chi connectivity index (χ3v) is 9.43. The first-order chi connectivity index (χ1) is 9.08. The molecule has 1 fully saturated rings. The van der Waals surface area contributed by atoms with Gasteiger partial charge in [0.15, 0.2) is 14.1 Å². The lowest BCUT2D eigenvalue weighted by Gasteiger charge is -2.39. The minimum Gasteiger partial charge on any atom is -0.404 e. The smallest absolute Gasteiger partial charge is 0.193 e. The van der Waals surface area contributed by atoms with E-state index in [1.807, 2.05) is 0 Å². The second-order valence-corrected chi connectivity index (χ2v) is 10.4. The van der Waals surface area contributed by atoms with Crippen molar-refractivity contribution in [2.24, 2.45) is 0 Å². The molecular weight excluding hydrogens is 252 g/mol. The van der Waals surface area contributed by atoms with E-state index in [9.17, 15) is 4.79 Å². The number of carbonyl (C=O) groups excluding carboxylic acids is 1. The maximum Gasteiger partial charge on any atom is 0.193 e. The van der Waals surface area contributed by atoms with Crippen LogP contribution >= 0.6 is 0 Å². The van der Waals surface area contributed by atoms with Crippen LogP contribution in [-0.2, 0) is 9.22 Å². The van der Waals surface area contributed by atoms with Crippen molar-refractivity contribution in [3.05, 3.63) is 0 Å². The molecule has 0 radical (unpaired) electrons. The van der Waals surface area contributed by atoms with E-state index in [1.54, 1.807) is 0 Å². The zero-order valence-electron chi connectivity index (χ0n) is 12.8. The molecule has 2 nitrogen and oxygen atoms in total. The Hall–Kier alpha value is -0.593. The summed E-state index contributed by atoms with van der Waals surface area (Å²) in [5.41, 5.74) is -0.481. The first-order valence-corrected chi connectivity index (χ1v) is 10.3. The van der Waals surface area contributed by atoms with E-state index in [0.29, 0.717) is 12.2 Å². The summed E-state index contributed by atoms with van der Waals surface area (Å²) >= 11 is 0. The molecule has 108 valence electrons. The van der Waals surface area contributed by atoms with Gasteiger partial charge in [-0.1, -0.05) is 20.8 Å². The van der Waals surface area contributed by atoms with Crippen LogP contribution in [0.4, 0.5) is 0 Å². The minimum atomic E-state index is -1.73. The van der Waals surface area contributed by atoms with Crippen LogP contribution in [0, 0.1) is 12.3 Å². The Morgan fingerprint density at radius 1 is 1.32 bits per heavy atom. The van der Waals surface area contributed by atoms with Gasteiger partial charge in [0, 0.05) is 12.8 Å². The number of hydrogen-bond donors (Lipinski definition) is 0. The highest BCUT2D eigenvalue weighted by Gasteiger charge is 2.47. The molecule has 19 heavy (non-hydrogen) atoms. The quantitative estimate of drug-likeness (QED) is 0.376. The fraction of sp³-hybridized carbons (Fsp3) is 0.812. The van der Waals surface area contributed by atoms with E-state index >= 15 is 0 Å². The topological polar surface area (TPSA) is 26.3 Å². The van der Waals surface area contributed by atoms with Gasteiger partial charge in [-0.2, -0.15) is 0 Å². The van der Waals surface area contributed by atoms with Gasteiger partial charge in [0.25, 0.3) is 0 Å². The molecule has 1 unspecified atom stereocenters. The zero-order valence-corrected chi connectivity index (χ0v) is 13.8. The number of carbonyl (C=O) groups is 1. The van der Waals surface area contributed by atoms with Crippen molar-refractivity contribution in [1.29, 1.82) is 0 Å². The van der Waals surface area contributed by atoms with Gasteiger partial charge >= 0.3 is 0 Å². The first kappa shape index (κ1) is 16.5. The van der Waals surface area contributed by atoms with Crippen LogP contribution in [0.2, 0.25) is 18.1 Å². The summed E-state index contributed by atoms with van der Waals surface area (Å²) in [5.74, 6) is 3.00. The molecule has 1 aliphatic carbocycles. The van der Waals surface area contributed by atoms with Crippen LogP contribution in [0.5, 0.6) is 0 Å². The van der Waals surface area contributed by atoms with Gasteiger partial charge in [0.05, 0.1) is 0 Å². The fourth-order valence-electron chi connectivity index (χ4n) is 3.18. The average molecular weight is 280 g/mol. The minimum absolute atomic E-state index is 0.330. The summed E-state index contributed by atoms with van der Waals surface area (Å²) in [6, 6.07) is 3.30. The molecule has 1 aliphatic rings. The monoisotopic (exact) mass is 280 g/mol. The number of hydrogen-bond acceptors (Lipinski definition) is 2. The number of terminal acetylenes is 1. The predicted molar refractivity (Wildman–Crippen MR) is 82.6 cm³/mol. The maximum absolute atomic E-state index is 12.4. The Kier molecular flexibility index (Phi) is 6.29. The first-order valence-electron chi connectivity index (χ1n) is 7.75. The van der Waals surface area contributed by atoms with Gasteiger partial charge in [-0.3, -0.25) is 4.79 Å². The molecule has 0 saturated heterocycles. The Balaban J connectivity index is 2.86. The number of Topliss-reactive ketones (excluding diaryl/α,β-unsaturated/α-hetero) is 1. The van der Waals surface area contributed by atoms with E-state index < -0.39 is 13.9 Å². The normalized spacial score (nSPS) is 23.6. The van der Waals surface area contributed by atoms with E-state index in [0.717, 1.165) is 50.2 Å². The maximum atomic E-state index is 12.4. The second kappa shape index (κ2) is 7.26. The second-order valence-electron chi connectivity index (χ2n) is 5.67. The van der Waals surface area contributed by atoms with Crippen LogP contribution < -0.4 is 0 Å². The summed E-state index contributed by atoms with van der Waals surface area (Å²) in [6.07, 6.45) is 10.4. The van der Waals surface area contributed by atoms with E-state index in [4.69, 9.17) is 10.8 Å². The van der Waals surface area contributed by atoms with Crippen LogP contribution in [0.1, 0.15) is 59.3 Å². The largest absolute Gasteiger partial charge is 0.404 e. The predicted octanol–water partition coefficient (Wildman–Crippen LogP) is 4.30. The third-order valence-electron chi connectivity index (χ3n) is 4.74. The third kappa shape index (κ3) is 3.70. The number of rotatable bonds is 8. The molecule has 1 atom stereocenters. The summed E-state index contributed by atoms with van der Waals surface area (Å²) in [4.78, 5) is 12.4.